The predicted octanol–water partition coefficient (Wildman–Crippen LogP) is 6.99. The molecule has 1 atom stereocenters. The van der Waals surface area contributed by atoms with Gasteiger partial charge in [0.25, 0.3) is 0 Å². The largest absolute Gasteiger partial charge is 0.612 e. The number of benzene rings is 3. The number of thiazole rings is 1. The third-order valence-corrected chi connectivity index (χ3v) is 8.96. The fourth-order valence-electron chi connectivity index (χ4n) is 5.09. The molecule has 0 amide bonds. The first-order valence-corrected chi connectivity index (χ1v) is 16.0. The van der Waals surface area contributed by atoms with Gasteiger partial charge < -0.3 is 9.29 Å². The number of thiol groups is 1. The first-order valence-electron chi connectivity index (χ1n) is 13.9. The maximum Gasteiger partial charge on any atom is 0.357 e. The quantitative estimate of drug-likeness (QED) is 0.0931. The highest BCUT2D eigenvalue weighted by Crippen LogP contribution is 2.39. The number of ether oxygens (including phenoxy) is 1. The molecule has 1 aliphatic rings. The van der Waals surface area contributed by atoms with Crippen LogP contribution in [0.3, 0.4) is 0 Å². The van der Waals surface area contributed by atoms with Crippen LogP contribution in [-0.2, 0) is 32.9 Å². The van der Waals surface area contributed by atoms with Gasteiger partial charge in [0.15, 0.2) is 16.4 Å². The van der Waals surface area contributed by atoms with Crippen LogP contribution in [0.15, 0.2) is 70.9 Å². The summed E-state index contributed by atoms with van der Waals surface area (Å²) in [6.07, 6.45) is 2.85. The van der Waals surface area contributed by atoms with Crippen LogP contribution >= 0.6 is 11.3 Å². The van der Waals surface area contributed by atoms with Crippen LogP contribution < -0.4 is 0 Å². The summed E-state index contributed by atoms with van der Waals surface area (Å²) in [7, 11) is 0. The zero-order chi connectivity index (χ0) is 31.0. The molecule has 1 fully saturated rings. The van der Waals surface area contributed by atoms with Crippen molar-refractivity contribution >= 4 is 28.4 Å². The Bertz CT molecular complexity index is 1900. The van der Waals surface area contributed by atoms with Crippen molar-refractivity contribution in [2.45, 2.75) is 37.5 Å². The highest BCUT2D eigenvalue weighted by molar-refractivity contribution is 7.79. The van der Waals surface area contributed by atoms with Gasteiger partial charge in [0.1, 0.15) is 11.6 Å². The SMILES string of the molecule is CCOC(=O)c1csc(-n2nc(-c3ccc(F)c(-c4cccc(F)c4)c3)c(Cc3ccc([SH+](=O)[O-])c(F)c3)c2CC2CC2)n1. The summed E-state index contributed by atoms with van der Waals surface area (Å²) in [5.74, 6) is -2.07. The van der Waals surface area contributed by atoms with Gasteiger partial charge in [0, 0.05) is 28.5 Å². The molecule has 2 aromatic heterocycles. The van der Waals surface area contributed by atoms with Gasteiger partial charge in [-0.3, -0.25) is 0 Å². The summed E-state index contributed by atoms with van der Waals surface area (Å²) in [6.45, 7) is 1.90. The fourth-order valence-corrected chi connectivity index (χ4v) is 6.29. The van der Waals surface area contributed by atoms with E-state index in [0.717, 1.165) is 24.1 Å². The molecule has 0 bridgehead atoms. The van der Waals surface area contributed by atoms with Gasteiger partial charge >= 0.3 is 5.97 Å². The molecule has 226 valence electrons. The molecule has 0 aliphatic heterocycles. The minimum Gasteiger partial charge on any atom is -0.612 e. The summed E-state index contributed by atoms with van der Waals surface area (Å²) < 4.78 is 73.6. The van der Waals surface area contributed by atoms with Crippen LogP contribution in [0.4, 0.5) is 13.2 Å². The number of nitrogens with zero attached hydrogens (tertiary/aromatic N) is 3. The molecule has 1 unspecified atom stereocenters. The van der Waals surface area contributed by atoms with Crippen molar-refractivity contribution in [1.29, 1.82) is 0 Å². The zero-order valence-corrected chi connectivity index (χ0v) is 25.1. The van der Waals surface area contributed by atoms with Gasteiger partial charge in [-0.2, -0.15) is 5.10 Å². The Labute approximate surface area is 257 Å². The molecule has 12 heteroatoms. The van der Waals surface area contributed by atoms with E-state index >= 15 is 4.39 Å². The Hall–Kier alpha value is -4.13. The Morgan fingerprint density at radius 2 is 1.89 bits per heavy atom. The molecular weight excluding hydrogens is 611 g/mol. The molecule has 1 saturated carbocycles. The molecule has 0 saturated heterocycles. The first kappa shape index (κ1) is 29.9. The number of esters is 1. The number of hydrogen-bond acceptors (Lipinski definition) is 7. The summed E-state index contributed by atoms with van der Waals surface area (Å²) in [6, 6.07) is 14.1. The van der Waals surface area contributed by atoms with Crippen LogP contribution in [0, 0.1) is 23.4 Å². The number of carbonyl (C=O) groups is 1. The molecule has 1 aliphatic carbocycles. The highest BCUT2D eigenvalue weighted by atomic mass is 32.2. The van der Waals surface area contributed by atoms with Gasteiger partial charge in [-0.05, 0) is 85.7 Å². The van der Waals surface area contributed by atoms with Crippen molar-refractivity contribution in [3.8, 4) is 27.5 Å². The molecule has 0 radical (unpaired) electrons. The van der Waals surface area contributed by atoms with Crippen LogP contribution in [0.25, 0.3) is 27.5 Å². The van der Waals surface area contributed by atoms with Crippen molar-refractivity contribution < 1.29 is 31.5 Å². The average Bonchev–Trinajstić information content (AvgIpc) is 3.56. The Kier molecular flexibility index (Phi) is 8.48. The monoisotopic (exact) mass is 637 g/mol. The zero-order valence-electron chi connectivity index (χ0n) is 23.4. The van der Waals surface area contributed by atoms with Gasteiger partial charge in [0.05, 0.1) is 29.1 Å². The van der Waals surface area contributed by atoms with E-state index in [9.17, 15) is 22.3 Å². The second-order valence-electron chi connectivity index (χ2n) is 10.5. The summed E-state index contributed by atoms with van der Waals surface area (Å²) in [5.41, 5.74) is 3.72. The molecule has 7 nitrogen and oxygen atoms in total. The lowest BCUT2D eigenvalue weighted by Crippen LogP contribution is -2.08. The summed E-state index contributed by atoms with van der Waals surface area (Å²) in [5, 5.41) is 6.94. The van der Waals surface area contributed by atoms with E-state index in [2.05, 4.69) is 4.98 Å². The maximum atomic E-state index is 15.1. The number of rotatable bonds is 10. The number of aromatic nitrogens is 3. The standard InChI is InChI=1S/C32H26F3N3O4S2/c1-2-42-31(39)27-17-43-32(36-27)38-28(14-18-6-7-18)24(12-19-8-11-29(44(40)41)26(35)13-19)30(37-38)21-9-10-25(34)23(16-21)20-4-3-5-22(33)15-20/h3-5,8-11,13,15-18,44H,2,6-7,12,14H2,1H3. The predicted molar refractivity (Wildman–Crippen MR) is 160 cm³/mol. The second kappa shape index (κ2) is 12.5. The minimum atomic E-state index is -3.10. The Balaban J connectivity index is 1.53. The minimum absolute atomic E-state index is 0.141. The number of halogens is 3. The summed E-state index contributed by atoms with van der Waals surface area (Å²) in [4.78, 5) is 16.5. The average molecular weight is 638 g/mol. The van der Waals surface area contributed by atoms with Crippen molar-refractivity contribution in [2.24, 2.45) is 5.92 Å². The lowest BCUT2D eigenvalue weighted by Gasteiger charge is -2.10. The van der Waals surface area contributed by atoms with Crippen molar-refractivity contribution in [1.82, 2.24) is 14.8 Å². The van der Waals surface area contributed by atoms with E-state index in [1.807, 2.05) is 0 Å². The topological polar surface area (TPSA) is 97.1 Å². The van der Waals surface area contributed by atoms with Crippen molar-refractivity contribution in [2.75, 3.05) is 6.61 Å². The van der Waals surface area contributed by atoms with Gasteiger partial charge in [-0.15, -0.1) is 15.5 Å². The van der Waals surface area contributed by atoms with Crippen molar-refractivity contribution in [3.05, 3.63) is 106 Å². The molecule has 44 heavy (non-hydrogen) atoms. The maximum absolute atomic E-state index is 15.1. The van der Waals surface area contributed by atoms with E-state index < -0.39 is 39.4 Å². The Morgan fingerprint density at radius 3 is 2.59 bits per heavy atom. The van der Waals surface area contributed by atoms with Crippen molar-refractivity contribution in [3.63, 3.8) is 0 Å². The van der Waals surface area contributed by atoms with Crippen LogP contribution in [0.1, 0.15) is 47.1 Å². The molecular formula is C32H26F3N3O4S2. The second-order valence-corrected chi connectivity index (χ2v) is 12.3. The third-order valence-electron chi connectivity index (χ3n) is 7.39. The lowest BCUT2D eigenvalue weighted by atomic mass is 9.95. The molecule has 0 N–H and O–H groups in total. The summed E-state index contributed by atoms with van der Waals surface area (Å²) >= 11 is -1.89. The smallest absolute Gasteiger partial charge is 0.357 e. The van der Waals surface area contributed by atoms with E-state index in [0.29, 0.717) is 39.9 Å². The van der Waals surface area contributed by atoms with Gasteiger partial charge in [-0.1, -0.05) is 18.2 Å². The fraction of sp³-hybridized carbons (Fsp3) is 0.219. The van der Waals surface area contributed by atoms with Crippen LogP contribution in [-0.4, -0.2) is 31.9 Å². The molecule has 6 rings (SSSR count). The number of carbonyl (C=O) groups excluding carboxylic acids is 1. The molecule has 5 aromatic rings. The van der Waals surface area contributed by atoms with E-state index in [1.54, 1.807) is 41.3 Å². The van der Waals surface area contributed by atoms with E-state index in [4.69, 9.17) is 9.84 Å². The lowest BCUT2D eigenvalue weighted by molar-refractivity contribution is 0.0520. The van der Waals surface area contributed by atoms with Crippen LogP contribution in [0.2, 0.25) is 0 Å². The third kappa shape index (κ3) is 6.23. The first-order chi connectivity index (χ1) is 21.2. The van der Waals surface area contributed by atoms with Crippen LogP contribution in [0.5, 0.6) is 0 Å². The molecule has 3 aromatic carbocycles. The Morgan fingerprint density at radius 1 is 1.07 bits per heavy atom. The molecule has 2 heterocycles. The molecule has 0 spiro atoms. The van der Waals surface area contributed by atoms with Gasteiger partial charge in [-0.25, -0.2) is 27.6 Å². The normalized spacial score (nSPS) is 13.7. The number of hydrogen-bond donors (Lipinski definition) is 0. The van der Waals surface area contributed by atoms with Gasteiger partial charge in [0.2, 0.25) is 5.13 Å². The highest BCUT2D eigenvalue weighted by Gasteiger charge is 2.30. The van der Waals surface area contributed by atoms with E-state index in [-0.39, 0.29) is 24.3 Å². The van der Waals surface area contributed by atoms with E-state index in [1.165, 1.54) is 47.7 Å².